The molecule has 0 fully saturated rings. The molecular formula is C35H21N3OS. The normalized spacial score (nSPS) is 14.8. The smallest absolute Gasteiger partial charge is 0.151 e. The monoisotopic (exact) mass is 531 g/mol. The summed E-state index contributed by atoms with van der Waals surface area (Å²) >= 11 is 1.83. The van der Waals surface area contributed by atoms with Crippen molar-refractivity contribution in [1.29, 1.82) is 0 Å². The topological polar surface area (TPSA) is 38.2 Å². The van der Waals surface area contributed by atoms with Crippen LogP contribution in [0.4, 0.5) is 17.1 Å². The summed E-state index contributed by atoms with van der Waals surface area (Å²) < 4.78 is 6.28. The van der Waals surface area contributed by atoms with Gasteiger partial charge in [-0.15, -0.1) is 0 Å². The van der Waals surface area contributed by atoms with E-state index in [0.29, 0.717) is 0 Å². The van der Waals surface area contributed by atoms with Crippen molar-refractivity contribution in [2.45, 2.75) is 15.2 Å². The highest BCUT2D eigenvalue weighted by Crippen LogP contribution is 2.62. The molecule has 0 amide bonds. The Bertz CT molecular complexity index is 1910. The molecule has 4 nitrogen and oxygen atoms in total. The second-order valence-electron chi connectivity index (χ2n) is 10.2. The lowest BCUT2D eigenvalue weighted by molar-refractivity contribution is 0.477. The zero-order valence-electron chi connectivity index (χ0n) is 21.3. The van der Waals surface area contributed by atoms with Crippen molar-refractivity contribution in [2.24, 2.45) is 0 Å². The van der Waals surface area contributed by atoms with E-state index in [2.05, 4.69) is 83.8 Å². The Hall–Kier alpha value is -4.87. The first-order chi connectivity index (χ1) is 19.8. The minimum Gasteiger partial charge on any atom is -0.453 e. The Labute approximate surface area is 236 Å². The molecule has 1 aliphatic carbocycles. The molecule has 2 aromatic heterocycles. The molecule has 1 spiro atoms. The summed E-state index contributed by atoms with van der Waals surface area (Å²) in [6.07, 6.45) is 3.74. The van der Waals surface area contributed by atoms with Crippen LogP contribution < -0.4 is 9.64 Å². The van der Waals surface area contributed by atoms with Gasteiger partial charge in [0.1, 0.15) is 0 Å². The van der Waals surface area contributed by atoms with Crippen molar-refractivity contribution in [2.75, 3.05) is 4.90 Å². The maximum atomic E-state index is 6.28. The lowest BCUT2D eigenvalue weighted by Crippen LogP contribution is -2.32. The maximum absolute atomic E-state index is 6.28. The molecule has 0 saturated carbocycles. The van der Waals surface area contributed by atoms with E-state index in [-0.39, 0.29) is 0 Å². The molecule has 0 unspecified atom stereocenters. The number of para-hydroxylation sites is 4. The number of aromatic nitrogens is 2. The minimum atomic E-state index is -0.482. The highest BCUT2D eigenvalue weighted by atomic mass is 32.2. The zero-order chi connectivity index (χ0) is 26.3. The van der Waals surface area contributed by atoms with Gasteiger partial charge in [-0.05, 0) is 76.9 Å². The third-order valence-electron chi connectivity index (χ3n) is 8.22. The number of anilines is 3. The summed E-state index contributed by atoms with van der Waals surface area (Å²) in [5.41, 5.74) is 9.52. The predicted octanol–water partition coefficient (Wildman–Crippen LogP) is 8.88. The van der Waals surface area contributed by atoms with Gasteiger partial charge in [-0.1, -0.05) is 72.4 Å². The summed E-state index contributed by atoms with van der Waals surface area (Å²) in [6.45, 7) is 0. The van der Waals surface area contributed by atoms with Crippen LogP contribution in [0, 0.1) is 0 Å². The third kappa shape index (κ3) is 2.77. The highest BCUT2D eigenvalue weighted by Gasteiger charge is 2.51. The molecule has 0 saturated heterocycles. The zero-order valence-corrected chi connectivity index (χ0v) is 22.1. The summed E-state index contributed by atoms with van der Waals surface area (Å²) in [5.74, 6) is 1.70. The first kappa shape index (κ1) is 22.0. The molecule has 0 N–H and O–H groups in total. The number of nitrogens with zero attached hydrogens (tertiary/aromatic N) is 3. The van der Waals surface area contributed by atoms with Crippen molar-refractivity contribution in [3.63, 3.8) is 0 Å². The van der Waals surface area contributed by atoms with Crippen molar-refractivity contribution >= 4 is 28.8 Å². The number of pyridine rings is 2. The van der Waals surface area contributed by atoms with E-state index in [4.69, 9.17) is 14.7 Å². The molecule has 6 aromatic rings. The van der Waals surface area contributed by atoms with Crippen molar-refractivity contribution < 1.29 is 4.74 Å². The number of benzene rings is 4. The quantitative estimate of drug-likeness (QED) is 0.211. The molecule has 9 rings (SSSR count). The van der Waals surface area contributed by atoms with Gasteiger partial charge in [0.2, 0.25) is 0 Å². The van der Waals surface area contributed by atoms with Crippen LogP contribution >= 0.6 is 11.8 Å². The Morgan fingerprint density at radius 2 is 1.12 bits per heavy atom. The average molecular weight is 532 g/mol. The van der Waals surface area contributed by atoms with E-state index >= 15 is 0 Å². The summed E-state index contributed by atoms with van der Waals surface area (Å²) in [7, 11) is 0. The van der Waals surface area contributed by atoms with E-state index in [1.165, 1.54) is 32.0 Å². The number of rotatable bonds is 1. The number of ether oxygens (including phenoxy) is 1. The van der Waals surface area contributed by atoms with E-state index in [1.54, 1.807) is 0 Å². The maximum Gasteiger partial charge on any atom is 0.151 e. The SMILES string of the molecule is c1ccc2c(c1)Oc1ccccc1N2c1ccc2c(c1)Sc1ccccc1C21c2cccnc2-c2ncccc21. The van der Waals surface area contributed by atoms with Gasteiger partial charge in [0.05, 0.1) is 28.2 Å². The largest absolute Gasteiger partial charge is 0.453 e. The van der Waals surface area contributed by atoms with Crippen LogP contribution in [0.5, 0.6) is 11.5 Å². The summed E-state index contributed by atoms with van der Waals surface area (Å²) in [4.78, 5) is 14.5. The molecule has 0 bridgehead atoms. The summed E-state index contributed by atoms with van der Waals surface area (Å²) in [6, 6.07) is 40.7. The van der Waals surface area contributed by atoms with Crippen molar-refractivity contribution in [3.8, 4) is 22.9 Å². The lowest BCUT2D eigenvalue weighted by atomic mass is 9.67. The molecule has 2 aliphatic heterocycles. The molecular weight excluding hydrogens is 510 g/mol. The summed E-state index contributed by atoms with van der Waals surface area (Å²) in [5, 5.41) is 0. The minimum absolute atomic E-state index is 0.482. The van der Waals surface area contributed by atoms with Gasteiger partial charge in [-0.2, -0.15) is 0 Å². The molecule has 4 heterocycles. The predicted molar refractivity (Wildman–Crippen MR) is 158 cm³/mol. The van der Waals surface area contributed by atoms with Gasteiger partial charge in [0.25, 0.3) is 0 Å². The number of fused-ring (bicyclic) bond motifs is 11. The van der Waals surface area contributed by atoms with E-state index < -0.39 is 5.41 Å². The second-order valence-corrected chi connectivity index (χ2v) is 11.3. The highest BCUT2D eigenvalue weighted by molar-refractivity contribution is 7.99. The van der Waals surface area contributed by atoms with Crippen molar-refractivity contribution in [3.05, 3.63) is 150 Å². The van der Waals surface area contributed by atoms with Gasteiger partial charge < -0.3 is 9.64 Å². The van der Waals surface area contributed by atoms with Gasteiger partial charge in [-0.25, -0.2) is 0 Å². The van der Waals surface area contributed by atoms with Crippen LogP contribution in [0.1, 0.15) is 22.3 Å². The van der Waals surface area contributed by atoms with Crippen LogP contribution in [-0.2, 0) is 5.41 Å². The van der Waals surface area contributed by atoms with Gasteiger partial charge in [-0.3, -0.25) is 9.97 Å². The first-order valence-corrected chi connectivity index (χ1v) is 14.1. The molecule has 0 radical (unpaired) electrons. The van der Waals surface area contributed by atoms with Crippen molar-refractivity contribution in [1.82, 2.24) is 9.97 Å². The molecule has 3 aliphatic rings. The van der Waals surface area contributed by atoms with Crippen LogP contribution in [0.15, 0.2) is 137 Å². The van der Waals surface area contributed by atoms with Crippen LogP contribution in [0.3, 0.4) is 0 Å². The lowest BCUT2D eigenvalue weighted by Gasteiger charge is -2.40. The molecule has 40 heavy (non-hydrogen) atoms. The van der Waals surface area contributed by atoms with Gasteiger partial charge in [0, 0.05) is 27.9 Å². The van der Waals surface area contributed by atoms with Crippen LogP contribution in [-0.4, -0.2) is 9.97 Å². The Kier molecular flexibility index (Phi) is 4.44. The third-order valence-corrected chi connectivity index (χ3v) is 9.35. The van der Waals surface area contributed by atoms with Gasteiger partial charge >= 0.3 is 0 Å². The van der Waals surface area contributed by atoms with Crippen LogP contribution in [0.2, 0.25) is 0 Å². The van der Waals surface area contributed by atoms with E-state index in [1.807, 2.05) is 60.6 Å². The fourth-order valence-corrected chi connectivity index (χ4v) is 7.90. The average Bonchev–Trinajstić information content (AvgIpc) is 3.31. The second kappa shape index (κ2) is 8.07. The number of hydrogen-bond acceptors (Lipinski definition) is 5. The Morgan fingerprint density at radius 1 is 0.550 bits per heavy atom. The number of hydrogen-bond donors (Lipinski definition) is 0. The van der Waals surface area contributed by atoms with Crippen LogP contribution in [0.25, 0.3) is 11.4 Å². The fourth-order valence-electron chi connectivity index (χ4n) is 6.67. The molecule has 5 heteroatoms. The van der Waals surface area contributed by atoms with E-state index in [0.717, 1.165) is 39.9 Å². The van der Waals surface area contributed by atoms with Gasteiger partial charge in [0.15, 0.2) is 11.5 Å². The molecule has 4 aromatic carbocycles. The standard InChI is InChI=1S/C35H21N3OS/c1-6-16-31-23(9-1)35(25-10-7-19-36-33(25)34-26(35)11-8-20-37-34)24-18-17-22(21-32(24)40-31)38-27-12-2-4-14-29(27)39-30-15-5-3-13-28(30)38/h1-21H. The fraction of sp³-hybridized carbons (Fsp3) is 0.0286. The molecule has 188 valence electrons. The first-order valence-electron chi connectivity index (χ1n) is 13.3. The Morgan fingerprint density at radius 3 is 1.82 bits per heavy atom. The Balaban J connectivity index is 1.33. The van der Waals surface area contributed by atoms with E-state index in [9.17, 15) is 0 Å². The molecule has 0 atom stereocenters.